The van der Waals surface area contributed by atoms with Gasteiger partial charge >= 0.3 is 0 Å². The monoisotopic (exact) mass is 472 g/mol. The Bertz CT molecular complexity index is 1180. The van der Waals surface area contributed by atoms with Gasteiger partial charge in [0, 0.05) is 23.3 Å². The summed E-state index contributed by atoms with van der Waals surface area (Å²) < 4.78 is 7.21. The minimum Gasteiger partial charge on any atom is -0.467 e. The van der Waals surface area contributed by atoms with Crippen LogP contribution in [0.3, 0.4) is 0 Å². The van der Waals surface area contributed by atoms with Crippen LogP contribution in [0.1, 0.15) is 5.76 Å². The van der Waals surface area contributed by atoms with Crippen LogP contribution in [-0.2, 0) is 11.3 Å². The maximum absolute atomic E-state index is 12.6. The number of furan rings is 1. The van der Waals surface area contributed by atoms with E-state index in [9.17, 15) is 4.79 Å². The van der Waals surface area contributed by atoms with Gasteiger partial charge in [-0.2, -0.15) is 0 Å². The number of nitrogens with zero attached hydrogens (tertiary/aromatic N) is 4. The molecule has 4 aromatic rings. The SMILES string of the molecule is CN(Cc1ccco1)C(=O)CSc1nnc(-c2ccc(Cl)cc2Cl)n1-c1ccccc1. The number of amides is 1. The Balaban J connectivity index is 1.60. The van der Waals surface area contributed by atoms with Crippen LogP contribution >= 0.6 is 35.0 Å². The largest absolute Gasteiger partial charge is 0.467 e. The normalized spacial score (nSPS) is 10.9. The van der Waals surface area contributed by atoms with Crippen LogP contribution in [0.25, 0.3) is 17.1 Å². The van der Waals surface area contributed by atoms with E-state index < -0.39 is 0 Å². The van der Waals surface area contributed by atoms with Crippen molar-refractivity contribution in [2.24, 2.45) is 0 Å². The molecule has 4 rings (SSSR count). The number of para-hydroxylation sites is 1. The number of benzene rings is 2. The zero-order valence-electron chi connectivity index (χ0n) is 16.5. The lowest BCUT2D eigenvalue weighted by molar-refractivity contribution is -0.127. The van der Waals surface area contributed by atoms with Crippen molar-refractivity contribution in [3.8, 4) is 17.1 Å². The van der Waals surface area contributed by atoms with Crippen LogP contribution in [0, 0.1) is 0 Å². The first-order valence-electron chi connectivity index (χ1n) is 9.38. The van der Waals surface area contributed by atoms with E-state index in [4.69, 9.17) is 27.6 Å². The summed E-state index contributed by atoms with van der Waals surface area (Å²) in [6, 6.07) is 18.6. The highest BCUT2D eigenvalue weighted by Gasteiger charge is 2.20. The van der Waals surface area contributed by atoms with Crippen LogP contribution in [0.15, 0.2) is 76.5 Å². The van der Waals surface area contributed by atoms with E-state index in [1.165, 1.54) is 11.8 Å². The zero-order chi connectivity index (χ0) is 21.8. The molecule has 0 bridgehead atoms. The van der Waals surface area contributed by atoms with Gasteiger partial charge in [-0.3, -0.25) is 9.36 Å². The molecule has 2 heterocycles. The Hall–Kier alpha value is -2.74. The van der Waals surface area contributed by atoms with Gasteiger partial charge in [0.1, 0.15) is 5.76 Å². The summed E-state index contributed by atoms with van der Waals surface area (Å²) in [5.74, 6) is 1.46. The van der Waals surface area contributed by atoms with E-state index >= 15 is 0 Å². The van der Waals surface area contributed by atoms with Crippen molar-refractivity contribution in [1.29, 1.82) is 0 Å². The molecule has 0 saturated carbocycles. The molecule has 2 aromatic carbocycles. The fraction of sp³-hybridized carbons (Fsp3) is 0.136. The molecule has 0 unspecified atom stereocenters. The lowest BCUT2D eigenvalue weighted by Gasteiger charge is -2.16. The summed E-state index contributed by atoms with van der Waals surface area (Å²) in [6.45, 7) is 0.406. The van der Waals surface area contributed by atoms with Crippen LogP contribution in [0.5, 0.6) is 0 Å². The fourth-order valence-corrected chi connectivity index (χ4v) is 4.36. The van der Waals surface area contributed by atoms with Crippen molar-refractivity contribution in [2.75, 3.05) is 12.8 Å². The van der Waals surface area contributed by atoms with Crippen LogP contribution in [-0.4, -0.2) is 38.4 Å². The molecule has 0 saturated heterocycles. The molecular formula is C22H18Cl2N4O2S. The minimum absolute atomic E-state index is 0.0462. The van der Waals surface area contributed by atoms with Crippen molar-refractivity contribution in [2.45, 2.75) is 11.7 Å². The molecule has 0 radical (unpaired) electrons. The number of hydrogen-bond donors (Lipinski definition) is 0. The first-order valence-corrected chi connectivity index (χ1v) is 11.1. The summed E-state index contributed by atoms with van der Waals surface area (Å²) in [7, 11) is 1.74. The van der Waals surface area contributed by atoms with E-state index in [1.54, 1.807) is 36.4 Å². The first kappa shape index (κ1) is 21.5. The van der Waals surface area contributed by atoms with E-state index in [0.29, 0.717) is 33.1 Å². The Morgan fingerprint density at radius 3 is 2.61 bits per heavy atom. The standard InChI is InChI=1S/C22H18Cl2N4O2S/c1-27(13-17-8-5-11-30-17)20(29)14-31-22-26-25-21(18-10-9-15(23)12-19(18)24)28(22)16-6-3-2-4-7-16/h2-12H,13-14H2,1H3. The van der Waals surface area contributed by atoms with Gasteiger partial charge < -0.3 is 9.32 Å². The number of rotatable bonds is 7. The highest BCUT2D eigenvalue weighted by atomic mass is 35.5. The van der Waals surface area contributed by atoms with E-state index in [1.807, 2.05) is 47.0 Å². The summed E-state index contributed by atoms with van der Waals surface area (Å²) in [5, 5.41) is 10.3. The summed E-state index contributed by atoms with van der Waals surface area (Å²) in [5.41, 5.74) is 1.57. The molecule has 6 nitrogen and oxygen atoms in total. The second kappa shape index (κ2) is 9.60. The maximum Gasteiger partial charge on any atom is 0.233 e. The number of thioether (sulfide) groups is 1. The topological polar surface area (TPSA) is 64.2 Å². The van der Waals surface area contributed by atoms with Gasteiger partial charge in [-0.05, 0) is 42.5 Å². The van der Waals surface area contributed by atoms with Gasteiger partial charge in [-0.25, -0.2) is 0 Å². The summed E-state index contributed by atoms with van der Waals surface area (Å²) in [6.07, 6.45) is 1.59. The first-order chi connectivity index (χ1) is 15.0. The average molecular weight is 473 g/mol. The lowest BCUT2D eigenvalue weighted by atomic mass is 10.2. The molecule has 0 aliphatic rings. The molecule has 0 aliphatic heterocycles. The molecule has 0 N–H and O–H groups in total. The number of halogens is 2. The second-order valence-corrected chi connectivity index (χ2v) is 8.51. The van der Waals surface area contributed by atoms with E-state index in [0.717, 1.165) is 11.4 Å². The van der Waals surface area contributed by atoms with Gasteiger partial charge in [0.15, 0.2) is 11.0 Å². The zero-order valence-corrected chi connectivity index (χ0v) is 18.9. The molecule has 0 spiro atoms. The maximum atomic E-state index is 12.6. The van der Waals surface area contributed by atoms with Gasteiger partial charge in [0.05, 0.1) is 23.6 Å². The predicted octanol–water partition coefficient (Wildman–Crippen LogP) is 5.58. The molecule has 0 aliphatic carbocycles. The molecule has 1 amide bonds. The highest BCUT2D eigenvalue weighted by Crippen LogP contribution is 2.33. The molecular weight excluding hydrogens is 455 g/mol. The number of carbonyl (C=O) groups is 1. The third kappa shape index (κ3) is 4.95. The molecule has 9 heteroatoms. The quantitative estimate of drug-likeness (QED) is 0.328. The Kier molecular flexibility index (Phi) is 6.65. The van der Waals surface area contributed by atoms with Crippen molar-refractivity contribution in [3.05, 3.63) is 82.7 Å². The Labute approximate surface area is 193 Å². The van der Waals surface area contributed by atoms with Crippen molar-refractivity contribution in [1.82, 2.24) is 19.7 Å². The van der Waals surface area contributed by atoms with Crippen molar-refractivity contribution < 1.29 is 9.21 Å². The van der Waals surface area contributed by atoms with Gasteiger partial charge in [0.25, 0.3) is 0 Å². The molecule has 0 atom stereocenters. The van der Waals surface area contributed by atoms with Gasteiger partial charge in [-0.15, -0.1) is 10.2 Å². The summed E-state index contributed by atoms with van der Waals surface area (Å²) >= 11 is 13.8. The third-order valence-corrected chi connectivity index (χ3v) is 6.00. The smallest absolute Gasteiger partial charge is 0.233 e. The predicted molar refractivity (Wildman–Crippen MR) is 123 cm³/mol. The van der Waals surface area contributed by atoms with Crippen LogP contribution in [0.4, 0.5) is 0 Å². The molecule has 0 fully saturated rings. The number of hydrogen-bond acceptors (Lipinski definition) is 5. The van der Waals surface area contributed by atoms with Gasteiger partial charge in [0.2, 0.25) is 5.91 Å². The van der Waals surface area contributed by atoms with Crippen molar-refractivity contribution in [3.63, 3.8) is 0 Å². The second-order valence-electron chi connectivity index (χ2n) is 6.72. The Morgan fingerprint density at radius 1 is 1.10 bits per heavy atom. The minimum atomic E-state index is -0.0462. The van der Waals surface area contributed by atoms with Crippen LogP contribution < -0.4 is 0 Å². The van der Waals surface area contributed by atoms with Gasteiger partial charge in [-0.1, -0.05) is 53.2 Å². The third-order valence-electron chi connectivity index (χ3n) is 4.54. The fourth-order valence-electron chi connectivity index (χ4n) is 2.98. The van der Waals surface area contributed by atoms with E-state index in [2.05, 4.69) is 10.2 Å². The highest BCUT2D eigenvalue weighted by molar-refractivity contribution is 7.99. The summed E-state index contributed by atoms with van der Waals surface area (Å²) in [4.78, 5) is 14.2. The van der Waals surface area contributed by atoms with E-state index in [-0.39, 0.29) is 11.7 Å². The number of aromatic nitrogens is 3. The molecule has 2 aromatic heterocycles. The lowest BCUT2D eigenvalue weighted by Crippen LogP contribution is -2.27. The molecule has 31 heavy (non-hydrogen) atoms. The Morgan fingerprint density at radius 2 is 1.90 bits per heavy atom. The average Bonchev–Trinajstić information content (AvgIpc) is 3.42. The molecule has 158 valence electrons. The van der Waals surface area contributed by atoms with Crippen LogP contribution in [0.2, 0.25) is 10.0 Å². The number of carbonyl (C=O) groups excluding carboxylic acids is 1. The van der Waals surface area contributed by atoms with Crippen molar-refractivity contribution >= 4 is 40.9 Å².